The lowest BCUT2D eigenvalue weighted by atomic mass is 9.89. The van der Waals surface area contributed by atoms with E-state index in [1.165, 1.54) is 12.1 Å². The number of cyclic esters (lactones) is 1. The predicted octanol–water partition coefficient (Wildman–Crippen LogP) is 4.65. The molecule has 170 valence electrons. The molecule has 1 aliphatic heterocycles. The topological polar surface area (TPSA) is 81.6 Å². The molecule has 8 heteroatoms. The van der Waals surface area contributed by atoms with Crippen molar-refractivity contribution in [3.05, 3.63) is 89.5 Å². The second-order valence-electron chi connectivity index (χ2n) is 8.04. The lowest BCUT2D eigenvalue weighted by Gasteiger charge is -2.23. The van der Waals surface area contributed by atoms with Crippen LogP contribution in [-0.2, 0) is 9.53 Å². The summed E-state index contributed by atoms with van der Waals surface area (Å²) in [5.41, 5.74) is 2.16. The van der Waals surface area contributed by atoms with E-state index < -0.39 is 24.0 Å². The molecule has 4 rings (SSSR count). The summed E-state index contributed by atoms with van der Waals surface area (Å²) >= 11 is 0. The smallest absolute Gasteiger partial charge is 0.417 e. The maximum absolute atomic E-state index is 13.5. The zero-order valence-electron chi connectivity index (χ0n) is 18.3. The number of aromatic nitrogens is 2. The fourth-order valence-corrected chi connectivity index (χ4v) is 3.79. The average molecular weight is 449 g/mol. The quantitative estimate of drug-likeness (QED) is 0.523. The number of imide groups is 1. The Morgan fingerprint density at radius 2 is 1.76 bits per heavy atom. The Morgan fingerprint density at radius 3 is 2.39 bits per heavy atom. The van der Waals surface area contributed by atoms with E-state index in [1.807, 2.05) is 44.2 Å². The molecule has 0 N–H and O–H groups in total. The molecule has 1 saturated heterocycles. The monoisotopic (exact) mass is 449 g/mol. The van der Waals surface area contributed by atoms with Crippen LogP contribution in [0.15, 0.2) is 67.0 Å². The minimum absolute atomic E-state index is 0.0438. The van der Waals surface area contributed by atoms with Crippen LogP contribution in [0.5, 0.6) is 6.01 Å². The van der Waals surface area contributed by atoms with Crippen LogP contribution in [0.25, 0.3) is 0 Å². The van der Waals surface area contributed by atoms with Gasteiger partial charge < -0.3 is 9.47 Å². The van der Waals surface area contributed by atoms with E-state index in [-0.39, 0.29) is 31.0 Å². The molecule has 2 amide bonds. The van der Waals surface area contributed by atoms with Gasteiger partial charge in [0.2, 0.25) is 5.91 Å². The molecule has 0 radical (unpaired) electrons. The van der Waals surface area contributed by atoms with E-state index in [1.54, 1.807) is 24.5 Å². The van der Waals surface area contributed by atoms with Crippen LogP contribution in [-0.4, -0.2) is 39.6 Å². The molecule has 1 fully saturated rings. The molecule has 2 heterocycles. The highest BCUT2D eigenvalue weighted by molar-refractivity contribution is 5.94. The van der Waals surface area contributed by atoms with Gasteiger partial charge in [-0.25, -0.2) is 24.1 Å². The summed E-state index contributed by atoms with van der Waals surface area (Å²) in [6, 6.07) is 14.9. The van der Waals surface area contributed by atoms with Gasteiger partial charge in [0.25, 0.3) is 0 Å². The number of carbonyl (C=O) groups excluding carboxylic acids is 2. The molecule has 0 saturated carbocycles. The van der Waals surface area contributed by atoms with Crippen molar-refractivity contribution in [3.63, 3.8) is 0 Å². The molecule has 0 aliphatic carbocycles. The molecule has 2 atom stereocenters. The molecular formula is C25H24FN3O4. The Kier molecular flexibility index (Phi) is 6.63. The first kappa shape index (κ1) is 22.4. The van der Waals surface area contributed by atoms with Gasteiger partial charge >= 0.3 is 12.1 Å². The Morgan fingerprint density at radius 1 is 1.09 bits per heavy atom. The van der Waals surface area contributed by atoms with Crippen molar-refractivity contribution in [2.45, 2.75) is 38.3 Å². The molecule has 0 unspecified atom stereocenters. The van der Waals surface area contributed by atoms with Gasteiger partial charge in [-0.05, 0) is 42.7 Å². The molecular weight excluding hydrogens is 425 g/mol. The highest BCUT2D eigenvalue weighted by atomic mass is 19.1. The standard InChI is InChI=1S/C25H24FN3O4/c1-16(2)33-24-27-13-19(14-28-24)21(17-8-10-20(26)11-9-17)12-23(30)29-22(15-32-25(29)31)18-6-4-3-5-7-18/h3-11,13-14,16,21-22H,12,15H2,1-2H3/t21-,22-/m0/s1. The zero-order valence-corrected chi connectivity index (χ0v) is 18.3. The van der Waals surface area contributed by atoms with Gasteiger partial charge in [-0.15, -0.1) is 0 Å². The van der Waals surface area contributed by atoms with Crippen molar-refractivity contribution >= 4 is 12.0 Å². The van der Waals surface area contributed by atoms with Crippen molar-refractivity contribution in [2.24, 2.45) is 0 Å². The summed E-state index contributed by atoms with van der Waals surface area (Å²) in [4.78, 5) is 35.4. The van der Waals surface area contributed by atoms with E-state index in [0.717, 1.165) is 10.5 Å². The molecule has 33 heavy (non-hydrogen) atoms. The first-order chi connectivity index (χ1) is 15.9. The van der Waals surface area contributed by atoms with Crippen LogP contribution in [0.2, 0.25) is 0 Å². The second kappa shape index (κ2) is 9.77. The zero-order chi connectivity index (χ0) is 23.4. The second-order valence-corrected chi connectivity index (χ2v) is 8.04. The number of hydrogen-bond acceptors (Lipinski definition) is 6. The maximum atomic E-state index is 13.5. The van der Waals surface area contributed by atoms with E-state index in [4.69, 9.17) is 9.47 Å². The number of ether oxygens (including phenoxy) is 2. The van der Waals surface area contributed by atoms with Crippen molar-refractivity contribution in [1.29, 1.82) is 0 Å². The van der Waals surface area contributed by atoms with Gasteiger partial charge in [0.15, 0.2) is 0 Å². The maximum Gasteiger partial charge on any atom is 0.417 e. The lowest BCUT2D eigenvalue weighted by Crippen LogP contribution is -2.35. The largest absolute Gasteiger partial charge is 0.461 e. The molecule has 2 aromatic carbocycles. The molecule has 0 bridgehead atoms. The first-order valence-electron chi connectivity index (χ1n) is 10.7. The van der Waals surface area contributed by atoms with Crippen molar-refractivity contribution in [1.82, 2.24) is 14.9 Å². The predicted molar refractivity (Wildman–Crippen MR) is 118 cm³/mol. The first-order valence-corrected chi connectivity index (χ1v) is 10.7. The van der Waals surface area contributed by atoms with Crippen LogP contribution >= 0.6 is 0 Å². The number of halogens is 1. The van der Waals surface area contributed by atoms with Crippen LogP contribution in [0.3, 0.4) is 0 Å². The van der Waals surface area contributed by atoms with Crippen molar-refractivity contribution in [3.8, 4) is 6.01 Å². The molecule has 7 nitrogen and oxygen atoms in total. The molecule has 0 spiro atoms. The van der Waals surface area contributed by atoms with Gasteiger partial charge in [-0.2, -0.15) is 0 Å². The number of rotatable bonds is 7. The number of amides is 2. The molecule has 1 aliphatic rings. The van der Waals surface area contributed by atoms with Gasteiger partial charge in [0.1, 0.15) is 18.5 Å². The van der Waals surface area contributed by atoms with E-state index >= 15 is 0 Å². The van der Waals surface area contributed by atoms with Gasteiger partial charge in [-0.3, -0.25) is 4.79 Å². The highest BCUT2D eigenvalue weighted by Crippen LogP contribution is 2.33. The lowest BCUT2D eigenvalue weighted by molar-refractivity contribution is -0.129. The van der Waals surface area contributed by atoms with Crippen molar-refractivity contribution in [2.75, 3.05) is 6.61 Å². The number of benzene rings is 2. The third kappa shape index (κ3) is 5.16. The number of hydrogen-bond donors (Lipinski definition) is 0. The number of nitrogens with zero attached hydrogens (tertiary/aromatic N) is 3. The van der Waals surface area contributed by atoms with Gasteiger partial charge in [-0.1, -0.05) is 42.5 Å². The summed E-state index contributed by atoms with van der Waals surface area (Å²) in [6.45, 7) is 3.84. The van der Waals surface area contributed by atoms with E-state index in [9.17, 15) is 14.0 Å². The average Bonchev–Trinajstić information content (AvgIpc) is 3.20. The Bertz CT molecular complexity index is 1100. The van der Waals surface area contributed by atoms with E-state index in [2.05, 4.69) is 9.97 Å². The summed E-state index contributed by atoms with van der Waals surface area (Å²) in [7, 11) is 0. The van der Waals surface area contributed by atoms with Crippen LogP contribution in [0.1, 0.15) is 48.9 Å². The minimum Gasteiger partial charge on any atom is -0.461 e. The summed E-state index contributed by atoms with van der Waals surface area (Å²) in [5.74, 6) is -1.27. The summed E-state index contributed by atoms with van der Waals surface area (Å²) in [5, 5.41) is 0. The Hall–Kier alpha value is -3.81. The van der Waals surface area contributed by atoms with Crippen LogP contribution in [0.4, 0.5) is 9.18 Å². The fourth-order valence-electron chi connectivity index (χ4n) is 3.79. The van der Waals surface area contributed by atoms with Crippen LogP contribution < -0.4 is 4.74 Å². The fraction of sp³-hybridized carbons (Fsp3) is 0.280. The number of carbonyl (C=O) groups is 2. The highest BCUT2D eigenvalue weighted by Gasteiger charge is 2.39. The van der Waals surface area contributed by atoms with Gasteiger partial charge in [0.05, 0.1) is 6.10 Å². The van der Waals surface area contributed by atoms with Gasteiger partial charge in [0, 0.05) is 24.7 Å². The molecule has 3 aromatic rings. The third-order valence-corrected chi connectivity index (χ3v) is 5.37. The third-order valence-electron chi connectivity index (χ3n) is 5.37. The normalized spacial score (nSPS) is 16.5. The Balaban J connectivity index is 1.62. The van der Waals surface area contributed by atoms with E-state index in [0.29, 0.717) is 11.1 Å². The molecule has 1 aromatic heterocycles. The Labute approximate surface area is 191 Å². The summed E-state index contributed by atoms with van der Waals surface area (Å²) in [6.07, 6.45) is 2.37. The minimum atomic E-state index is -0.677. The SMILES string of the molecule is CC(C)Oc1ncc([C@@H](CC(=O)N2C(=O)OC[C@H]2c2ccccc2)c2ccc(F)cc2)cn1. The summed E-state index contributed by atoms with van der Waals surface area (Å²) < 4.78 is 24.2. The van der Waals surface area contributed by atoms with Crippen molar-refractivity contribution < 1.29 is 23.5 Å². The van der Waals surface area contributed by atoms with Crippen LogP contribution in [0, 0.1) is 5.82 Å².